The molecular weight excluding hydrogens is 262 g/mol. The maximum Gasteiger partial charge on any atom is 0.253 e. The first-order valence-electron chi connectivity index (χ1n) is 8.05. The molecule has 1 fully saturated rings. The predicted octanol–water partition coefficient (Wildman–Crippen LogP) is 2.01. The fourth-order valence-electron chi connectivity index (χ4n) is 2.67. The summed E-state index contributed by atoms with van der Waals surface area (Å²) in [5.74, 6) is 0.187. The molecule has 0 radical (unpaired) electrons. The second-order valence-corrected chi connectivity index (χ2v) is 5.68. The fraction of sp³-hybridized carbons (Fsp3) is 0.588. The topological polar surface area (TPSA) is 44.4 Å². The van der Waals surface area contributed by atoms with Crippen molar-refractivity contribution in [1.29, 1.82) is 0 Å². The van der Waals surface area contributed by atoms with E-state index in [1.165, 1.54) is 18.4 Å². The van der Waals surface area contributed by atoms with Crippen LogP contribution in [0.1, 0.15) is 41.6 Å². The van der Waals surface area contributed by atoms with E-state index in [1.54, 1.807) is 0 Å². The quantitative estimate of drug-likeness (QED) is 0.788. The Morgan fingerprint density at radius 2 is 1.71 bits per heavy atom. The summed E-state index contributed by atoms with van der Waals surface area (Å²) in [6.07, 6.45) is 4.78. The van der Waals surface area contributed by atoms with Crippen molar-refractivity contribution >= 4 is 5.91 Å². The molecule has 1 saturated heterocycles. The predicted molar refractivity (Wildman–Crippen MR) is 86.4 cm³/mol. The molecule has 1 aliphatic heterocycles. The highest BCUT2D eigenvalue weighted by Crippen LogP contribution is 2.14. The number of hydrogen-bond acceptors (Lipinski definition) is 3. The summed E-state index contributed by atoms with van der Waals surface area (Å²) in [6, 6.07) is 8.03. The molecule has 1 heterocycles. The van der Waals surface area contributed by atoms with E-state index >= 15 is 0 Å². The van der Waals surface area contributed by atoms with Gasteiger partial charge in [0, 0.05) is 38.3 Å². The van der Waals surface area contributed by atoms with Crippen molar-refractivity contribution in [1.82, 2.24) is 15.5 Å². The number of nitrogens with zero attached hydrogens (tertiary/aromatic N) is 1. The molecule has 1 aromatic rings. The zero-order valence-corrected chi connectivity index (χ0v) is 13.0. The fourth-order valence-corrected chi connectivity index (χ4v) is 2.67. The van der Waals surface area contributed by atoms with Crippen LogP contribution < -0.4 is 10.6 Å². The molecule has 116 valence electrons. The number of carbonyl (C=O) groups is 1. The van der Waals surface area contributed by atoms with E-state index in [0.29, 0.717) is 0 Å². The van der Waals surface area contributed by atoms with Crippen molar-refractivity contribution < 1.29 is 4.79 Å². The largest absolute Gasteiger partial charge is 0.339 e. The Balaban J connectivity index is 1.86. The first-order valence-corrected chi connectivity index (χ1v) is 8.05. The van der Waals surface area contributed by atoms with E-state index in [-0.39, 0.29) is 5.91 Å². The molecule has 1 amide bonds. The van der Waals surface area contributed by atoms with Gasteiger partial charge >= 0.3 is 0 Å². The maximum absolute atomic E-state index is 12.5. The molecule has 4 heteroatoms. The summed E-state index contributed by atoms with van der Waals surface area (Å²) in [5, 5.41) is 6.47. The Labute approximate surface area is 127 Å². The highest BCUT2D eigenvalue weighted by atomic mass is 16.2. The second kappa shape index (κ2) is 8.80. The first kappa shape index (κ1) is 16.0. The highest BCUT2D eigenvalue weighted by molar-refractivity contribution is 5.94. The molecule has 2 rings (SSSR count). The molecule has 0 unspecified atom stereocenters. The van der Waals surface area contributed by atoms with Gasteiger partial charge in [-0.25, -0.2) is 0 Å². The Morgan fingerprint density at radius 3 is 2.33 bits per heavy atom. The molecule has 0 atom stereocenters. The highest BCUT2D eigenvalue weighted by Gasteiger charge is 2.16. The molecule has 21 heavy (non-hydrogen) atoms. The van der Waals surface area contributed by atoms with Crippen LogP contribution in [0.25, 0.3) is 0 Å². The zero-order valence-electron chi connectivity index (χ0n) is 13.0. The summed E-state index contributed by atoms with van der Waals surface area (Å²) in [4.78, 5) is 14.5. The van der Waals surface area contributed by atoms with Crippen LogP contribution in [0.5, 0.6) is 0 Å². The van der Waals surface area contributed by atoms with E-state index in [9.17, 15) is 4.79 Å². The molecule has 0 bridgehead atoms. The minimum absolute atomic E-state index is 0.187. The van der Waals surface area contributed by atoms with Gasteiger partial charge < -0.3 is 15.5 Å². The monoisotopic (exact) mass is 289 g/mol. The van der Waals surface area contributed by atoms with Gasteiger partial charge in [-0.1, -0.05) is 25.0 Å². The van der Waals surface area contributed by atoms with E-state index in [2.05, 4.69) is 22.8 Å². The van der Waals surface area contributed by atoms with Crippen molar-refractivity contribution in [2.24, 2.45) is 0 Å². The Bertz CT molecular complexity index is 422. The number of carbonyl (C=O) groups excluding carboxylic acids is 1. The second-order valence-electron chi connectivity index (χ2n) is 5.68. The lowest BCUT2D eigenvalue weighted by molar-refractivity contribution is 0.0761. The average molecular weight is 289 g/mol. The summed E-state index contributed by atoms with van der Waals surface area (Å²) in [7, 11) is 1.95. The third kappa shape index (κ3) is 5.14. The van der Waals surface area contributed by atoms with Crippen LogP contribution in [0.15, 0.2) is 24.3 Å². The first-order chi connectivity index (χ1) is 10.3. The number of nitrogens with one attached hydrogen (secondary N) is 2. The maximum atomic E-state index is 12.5. The number of benzene rings is 1. The summed E-state index contributed by atoms with van der Waals surface area (Å²) in [6.45, 7) is 4.58. The third-order valence-electron chi connectivity index (χ3n) is 3.98. The van der Waals surface area contributed by atoms with Gasteiger partial charge in [-0.15, -0.1) is 0 Å². The van der Waals surface area contributed by atoms with Crippen LogP contribution in [0, 0.1) is 0 Å². The van der Waals surface area contributed by atoms with Gasteiger partial charge in [0.1, 0.15) is 0 Å². The van der Waals surface area contributed by atoms with Gasteiger partial charge in [-0.2, -0.15) is 0 Å². The van der Waals surface area contributed by atoms with Gasteiger partial charge in [0.2, 0.25) is 0 Å². The molecule has 0 aromatic heterocycles. The summed E-state index contributed by atoms with van der Waals surface area (Å²) in [5.41, 5.74) is 2.04. The van der Waals surface area contributed by atoms with Gasteiger partial charge in [-0.05, 0) is 37.6 Å². The van der Waals surface area contributed by atoms with Gasteiger partial charge in [0.15, 0.2) is 0 Å². The Hall–Kier alpha value is -1.39. The van der Waals surface area contributed by atoms with Crippen LogP contribution >= 0.6 is 0 Å². The van der Waals surface area contributed by atoms with Crippen LogP contribution in [-0.4, -0.2) is 44.0 Å². The van der Waals surface area contributed by atoms with Gasteiger partial charge in [0.05, 0.1) is 0 Å². The molecule has 2 N–H and O–H groups in total. The summed E-state index contributed by atoms with van der Waals surface area (Å²) >= 11 is 0. The number of likely N-dealkylation sites (tertiary alicyclic amines) is 1. The van der Waals surface area contributed by atoms with E-state index in [4.69, 9.17) is 0 Å². The normalized spacial score (nSPS) is 15.8. The number of amides is 1. The minimum atomic E-state index is 0.187. The van der Waals surface area contributed by atoms with E-state index < -0.39 is 0 Å². The molecule has 4 nitrogen and oxygen atoms in total. The lowest BCUT2D eigenvalue weighted by Crippen LogP contribution is -2.31. The molecule has 0 saturated carbocycles. The zero-order chi connectivity index (χ0) is 14.9. The Kier molecular flexibility index (Phi) is 6.70. The van der Waals surface area contributed by atoms with Crippen molar-refractivity contribution in [3.05, 3.63) is 35.4 Å². The number of likely N-dealkylation sites (N-methyl/N-ethyl adjacent to an activating group) is 1. The van der Waals surface area contributed by atoms with Crippen molar-refractivity contribution in [3.8, 4) is 0 Å². The van der Waals surface area contributed by atoms with Crippen LogP contribution in [-0.2, 0) is 6.54 Å². The van der Waals surface area contributed by atoms with Crippen LogP contribution in [0.2, 0.25) is 0 Å². The minimum Gasteiger partial charge on any atom is -0.339 e. The van der Waals surface area contributed by atoms with Crippen LogP contribution in [0.4, 0.5) is 0 Å². The number of rotatable bonds is 6. The Morgan fingerprint density at radius 1 is 1.05 bits per heavy atom. The molecule has 0 aliphatic carbocycles. The van der Waals surface area contributed by atoms with Crippen molar-refractivity contribution in [2.75, 3.05) is 33.2 Å². The van der Waals surface area contributed by atoms with E-state index in [0.717, 1.165) is 51.1 Å². The number of hydrogen-bond donors (Lipinski definition) is 2. The van der Waals surface area contributed by atoms with Gasteiger partial charge in [-0.3, -0.25) is 4.79 Å². The van der Waals surface area contributed by atoms with Crippen molar-refractivity contribution in [3.63, 3.8) is 0 Å². The van der Waals surface area contributed by atoms with Gasteiger partial charge in [0.25, 0.3) is 5.91 Å². The average Bonchev–Trinajstić information content (AvgIpc) is 2.81. The lowest BCUT2D eigenvalue weighted by atomic mass is 10.1. The molecule has 0 spiro atoms. The van der Waals surface area contributed by atoms with E-state index in [1.807, 2.05) is 24.1 Å². The molecule has 1 aliphatic rings. The van der Waals surface area contributed by atoms with Crippen molar-refractivity contribution in [2.45, 2.75) is 32.2 Å². The third-order valence-corrected chi connectivity index (χ3v) is 3.98. The SMILES string of the molecule is CNCCNCc1ccc(C(=O)N2CCCCCC2)cc1. The lowest BCUT2D eigenvalue weighted by Gasteiger charge is -2.20. The summed E-state index contributed by atoms with van der Waals surface area (Å²) < 4.78 is 0. The van der Waals surface area contributed by atoms with Crippen LogP contribution in [0.3, 0.4) is 0 Å². The molecule has 1 aromatic carbocycles. The molecular formula is C17H27N3O. The standard InChI is InChI=1S/C17H27N3O/c1-18-10-11-19-14-15-6-8-16(9-7-15)17(21)20-12-4-2-3-5-13-20/h6-9,18-19H,2-5,10-14H2,1H3. The smallest absolute Gasteiger partial charge is 0.253 e.